The lowest BCUT2D eigenvalue weighted by Crippen LogP contribution is -2.13. The molecule has 0 aliphatic heterocycles. The monoisotopic (exact) mass is 254 g/mol. The highest BCUT2D eigenvalue weighted by Crippen LogP contribution is 2.11. The summed E-state index contributed by atoms with van der Waals surface area (Å²) in [7, 11) is 2.96. The molecule has 1 heterocycles. The van der Waals surface area contributed by atoms with Gasteiger partial charge in [-0.1, -0.05) is 12.2 Å². The van der Waals surface area contributed by atoms with Crippen LogP contribution in [0.15, 0.2) is 12.2 Å². The topological polar surface area (TPSA) is 78.4 Å². The zero-order valence-electron chi connectivity index (χ0n) is 10.9. The molecule has 0 saturated carbocycles. The summed E-state index contributed by atoms with van der Waals surface area (Å²) in [6.07, 6.45) is 0. The highest BCUT2D eigenvalue weighted by molar-refractivity contribution is 5.27. The van der Waals surface area contributed by atoms with Gasteiger partial charge in [-0.2, -0.15) is 9.97 Å². The van der Waals surface area contributed by atoms with Crippen molar-refractivity contribution in [2.75, 3.05) is 39.3 Å². The van der Waals surface area contributed by atoms with Crippen molar-refractivity contribution < 1.29 is 14.2 Å². The maximum Gasteiger partial charge on any atom is 0.324 e. The fourth-order valence-electron chi connectivity index (χ4n) is 1.08. The zero-order chi connectivity index (χ0) is 13.4. The van der Waals surface area contributed by atoms with E-state index in [4.69, 9.17) is 14.2 Å². The number of aromatic nitrogens is 3. The molecule has 0 fully saturated rings. The van der Waals surface area contributed by atoms with Crippen LogP contribution in [0.1, 0.15) is 6.92 Å². The van der Waals surface area contributed by atoms with E-state index in [0.717, 1.165) is 5.57 Å². The van der Waals surface area contributed by atoms with Gasteiger partial charge in [0.1, 0.15) is 0 Å². The van der Waals surface area contributed by atoms with Crippen LogP contribution in [0.4, 0.5) is 5.95 Å². The van der Waals surface area contributed by atoms with Crippen molar-refractivity contribution in [3.05, 3.63) is 12.2 Å². The molecular formula is C11H18N4O3. The predicted molar refractivity (Wildman–Crippen MR) is 67.1 cm³/mol. The largest absolute Gasteiger partial charge is 0.467 e. The van der Waals surface area contributed by atoms with E-state index in [1.807, 2.05) is 6.92 Å². The molecule has 0 unspecified atom stereocenters. The Morgan fingerprint density at radius 3 is 2.28 bits per heavy atom. The van der Waals surface area contributed by atoms with Gasteiger partial charge >= 0.3 is 12.0 Å². The number of anilines is 1. The van der Waals surface area contributed by atoms with Crippen LogP contribution in [0, 0.1) is 0 Å². The number of rotatable bonds is 8. The molecule has 0 saturated heterocycles. The van der Waals surface area contributed by atoms with E-state index in [2.05, 4.69) is 26.8 Å². The van der Waals surface area contributed by atoms with Crippen molar-refractivity contribution in [3.63, 3.8) is 0 Å². The number of nitrogens with one attached hydrogen (secondary N) is 1. The second-order valence-corrected chi connectivity index (χ2v) is 3.57. The Bertz CT molecular complexity index is 376. The van der Waals surface area contributed by atoms with Crippen LogP contribution in [0.2, 0.25) is 0 Å². The van der Waals surface area contributed by atoms with Crippen LogP contribution < -0.4 is 14.8 Å². The molecule has 18 heavy (non-hydrogen) atoms. The molecule has 7 nitrogen and oxygen atoms in total. The van der Waals surface area contributed by atoms with Crippen molar-refractivity contribution in [1.82, 2.24) is 15.0 Å². The van der Waals surface area contributed by atoms with Gasteiger partial charge in [-0.3, -0.25) is 0 Å². The van der Waals surface area contributed by atoms with Gasteiger partial charge in [0.15, 0.2) is 0 Å². The minimum Gasteiger partial charge on any atom is -0.467 e. The molecule has 0 amide bonds. The van der Waals surface area contributed by atoms with E-state index < -0.39 is 0 Å². The Hall–Kier alpha value is -1.89. The summed E-state index contributed by atoms with van der Waals surface area (Å²) in [4.78, 5) is 11.9. The quantitative estimate of drug-likeness (QED) is 0.545. The summed E-state index contributed by atoms with van der Waals surface area (Å²) in [5.41, 5.74) is 0.985. The number of methoxy groups -OCH3 is 2. The number of hydrogen-bond acceptors (Lipinski definition) is 7. The van der Waals surface area contributed by atoms with E-state index >= 15 is 0 Å². The van der Waals surface area contributed by atoms with Gasteiger partial charge in [0.2, 0.25) is 5.95 Å². The van der Waals surface area contributed by atoms with E-state index in [1.165, 1.54) is 14.2 Å². The van der Waals surface area contributed by atoms with E-state index in [-0.39, 0.29) is 12.0 Å². The van der Waals surface area contributed by atoms with Gasteiger partial charge < -0.3 is 19.5 Å². The first-order chi connectivity index (χ1) is 8.65. The van der Waals surface area contributed by atoms with Crippen LogP contribution in [-0.4, -0.2) is 48.9 Å². The normalized spacial score (nSPS) is 9.94. The lowest BCUT2D eigenvalue weighted by atomic mass is 10.4. The Morgan fingerprint density at radius 1 is 1.17 bits per heavy atom. The van der Waals surface area contributed by atoms with Crippen LogP contribution >= 0.6 is 0 Å². The number of nitrogens with zero attached hydrogens (tertiary/aromatic N) is 3. The average Bonchev–Trinajstić information content (AvgIpc) is 2.37. The molecule has 0 bridgehead atoms. The van der Waals surface area contributed by atoms with Crippen molar-refractivity contribution in [2.24, 2.45) is 0 Å². The third-order valence-corrected chi connectivity index (χ3v) is 1.84. The summed E-state index contributed by atoms with van der Waals surface area (Å²) < 4.78 is 15.2. The van der Waals surface area contributed by atoms with Crippen LogP contribution in [-0.2, 0) is 4.74 Å². The molecule has 0 radical (unpaired) electrons. The summed E-state index contributed by atoms with van der Waals surface area (Å²) in [5.74, 6) is 0.387. The molecule has 0 aliphatic rings. The molecule has 0 aromatic carbocycles. The van der Waals surface area contributed by atoms with Gasteiger partial charge in [0.25, 0.3) is 0 Å². The fourth-order valence-corrected chi connectivity index (χ4v) is 1.08. The summed E-state index contributed by atoms with van der Waals surface area (Å²) in [6.45, 7) is 7.31. The maximum absolute atomic E-state index is 5.33. The minimum absolute atomic E-state index is 0.201. The van der Waals surface area contributed by atoms with E-state index in [0.29, 0.717) is 25.7 Å². The lowest BCUT2D eigenvalue weighted by molar-refractivity contribution is 0.167. The molecule has 7 heteroatoms. The second-order valence-electron chi connectivity index (χ2n) is 3.57. The summed E-state index contributed by atoms with van der Waals surface area (Å²) in [6, 6.07) is 0.402. The van der Waals surface area contributed by atoms with Gasteiger partial charge in [0.05, 0.1) is 27.4 Å². The third-order valence-electron chi connectivity index (χ3n) is 1.84. The SMILES string of the molecule is C=C(C)COCCNc1nc(OC)nc(OC)n1. The van der Waals surface area contributed by atoms with Crippen molar-refractivity contribution >= 4 is 5.95 Å². The first-order valence-electron chi connectivity index (χ1n) is 5.45. The molecule has 0 spiro atoms. The highest BCUT2D eigenvalue weighted by Gasteiger charge is 2.06. The van der Waals surface area contributed by atoms with Crippen molar-refractivity contribution in [2.45, 2.75) is 6.92 Å². The Balaban J connectivity index is 2.43. The van der Waals surface area contributed by atoms with Gasteiger partial charge in [-0.05, 0) is 6.92 Å². The van der Waals surface area contributed by atoms with Crippen molar-refractivity contribution in [1.29, 1.82) is 0 Å². The maximum atomic E-state index is 5.33. The summed E-state index contributed by atoms with van der Waals surface area (Å²) in [5, 5.41) is 2.99. The molecule has 0 aliphatic carbocycles. The zero-order valence-corrected chi connectivity index (χ0v) is 10.9. The molecule has 1 aromatic heterocycles. The van der Waals surface area contributed by atoms with Gasteiger partial charge in [-0.15, -0.1) is 4.98 Å². The minimum atomic E-state index is 0.201. The molecule has 1 aromatic rings. The standard InChI is InChI=1S/C11H18N4O3/c1-8(2)7-18-6-5-12-9-13-10(16-3)15-11(14-9)17-4/h1,5-7H2,2-4H3,(H,12,13,14,15). The average molecular weight is 254 g/mol. The number of hydrogen-bond donors (Lipinski definition) is 1. The van der Waals surface area contributed by atoms with Crippen molar-refractivity contribution in [3.8, 4) is 12.0 Å². The van der Waals surface area contributed by atoms with Gasteiger partial charge in [0, 0.05) is 6.54 Å². The predicted octanol–water partition coefficient (Wildman–Crippen LogP) is 0.893. The molecule has 1 N–H and O–H groups in total. The summed E-state index contributed by atoms with van der Waals surface area (Å²) >= 11 is 0. The molecule has 100 valence electrons. The highest BCUT2D eigenvalue weighted by atomic mass is 16.5. The van der Waals surface area contributed by atoms with Crippen LogP contribution in [0.3, 0.4) is 0 Å². The Labute approximate surface area is 106 Å². The van der Waals surface area contributed by atoms with Gasteiger partial charge in [-0.25, -0.2) is 0 Å². The van der Waals surface area contributed by atoms with E-state index in [9.17, 15) is 0 Å². The smallest absolute Gasteiger partial charge is 0.324 e. The van der Waals surface area contributed by atoms with Crippen LogP contribution in [0.25, 0.3) is 0 Å². The molecule has 0 atom stereocenters. The van der Waals surface area contributed by atoms with E-state index in [1.54, 1.807) is 0 Å². The second kappa shape index (κ2) is 7.44. The lowest BCUT2D eigenvalue weighted by Gasteiger charge is -2.07. The number of ether oxygens (including phenoxy) is 3. The van der Waals surface area contributed by atoms with Crippen LogP contribution in [0.5, 0.6) is 12.0 Å². The third kappa shape index (κ3) is 4.96. The first kappa shape index (κ1) is 14.2. The first-order valence-corrected chi connectivity index (χ1v) is 5.45. The molecular weight excluding hydrogens is 236 g/mol. The molecule has 1 rings (SSSR count). The Kier molecular flexibility index (Phi) is 5.86. The Morgan fingerprint density at radius 2 is 1.78 bits per heavy atom. The fraction of sp³-hybridized carbons (Fsp3) is 0.545.